The summed E-state index contributed by atoms with van der Waals surface area (Å²) >= 11 is 0. The van der Waals surface area contributed by atoms with Gasteiger partial charge in [0.15, 0.2) is 0 Å². The Morgan fingerprint density at radius 2 is 1.07 bits per heavy atom. The van der Waals surface area contributed by atoms with Gasteiger partial charge in [0.2, 0.25) is 11.8 Å². The molecule has 1 aliphatic rings. The summed E-state index contributed by atoms with van der Waals surface area (Å²) in [6.45, 7) is 2.45. The summed E-state index contributed by atoms with van der Waals surface area (Å²) in [7, 11) is 0. The number of nitrogens with zero attached hydrogens (tertiary/aromatic N) is 1. The van der Waals surface area contributed by atoms with E-state index in [-0.39, 0.29) is 36.4 Å². The van der Waals surface area contributed by atoms with Crippen LogP contribution in [0.4, 0.5) is 0 Å². The standard InChI is InChI=1S/C32H56N2O7/c1-26(35)20-21-28(32(40)41)33-31(39)27-22-24-34(25-23-27)29(36)18-16-14-12-10-8-6-4-2-3-5-7-9-11-13-15-17-19-30(37)38/h27-28H,2-25H2,1H3,(H,33,39)(H,37,38)(H,40,41). The van der Waals surface area contributed by atoms with Gasteiger partial charge < -0.3 is 25.2 Å². The predicted molar refractivity (Wildman–Crippen MR) is 160 cm³/mol. The molecule has 236 valence electrons. The number of carbonyl (C=O) groups is 5. The maximum Gasteiger partial charge on any atom is 0.326 e. The predicted octanol–water partition coefficient (Wildman–Crippen LogP) is 6.27. The summed E-state index contributed by atoms with van der Waals surface area (Å²) in [5, 5.41) is 20.5. The van der Waals surface area contributed by atoms with E-state index in [0.29, 0.717) is 38.8 Å². The average Bonchev–Trinajstić information content (AvgIpc) is 2.94. The minimum Gasteiger partial charge on any atom is -0.481 e. The van der Waals surface area contributed by atoms with Gasteiger partial charge in [-0.1, -0.05) is 89.9 Å². The Hall–Kier alpha value is -2.45. The van der Waals surface area contributed by atoms with Crippen LogP contribution in [0.2, 0.25) is 0 Å². The van der Waals surface area contributed by atoms with Crippen LogP contribution < -0.4 is 5.32 Å². The monoisotopic (exact) mass is 580 g/mol. The van der Waals surface area contributed by atoms with Crippen LogP contribution in [-0.4, -0.2) is 63.8 Å². The summed E-state index contributed by atoms with van der Waals surface area (Å²) in [4.78, 5) is 59.9. The van der Waals surface area contributed by atoms with Gasteiger partial charge in [-0.3, -0.25) is 14.4 Å². The van der Waals surface area contributed by atoms with Crippen molar-refractivity contribution in [1.29, 1.82) is 0 Å². The van der Waals surface area contributed by atoms with Gasteiger partial charge in [-0.05, 0) is 39.0 Å². The Bertz CT molecular complexity index is 778. The van der Waals surface area contributed by atoms with Crippen molar-refractivity contribution in [1.82, 2.24) is 10.2 Å². The van der Waals surface area contributed by atoms with Crippen LogP contribution in [0, 0.1) is 5.92 Å². The molecule has 0 spiro atoms. The first-order chi connectivity index (χ1) is 19.7. The van der Waals surface area contributed by atoms with Crippen molar-refractivity contribution in [3.05, 3.63) is 0 Å². The number of hydrogen-bond donors (Lipinski definition) is 3. The number of rotatable bonds is 25. The van der Waals surface area contributed by atoms with Crippen LogP contribution in [0.15, 0.2) is 0 Å². The summed E-state index contributed by atoms with van der Waals surface area (Å²) < 4.78 is 0. The summed E-state index contributed by atoms with van der Waals surface area (Å²) in [6.07, 6.45) is 21.0. The minimum atomic E-state index is -1.13. The molecule has 1 unspecified atom stereocenters. The molecule has 41 heavy (non-hydrogen) atoms. The second-order valence-corrected chi connectivity index (χ2v) is 11.8. The largest absolute Gasteiger partial charge is 0.481 e. The highest BCUT2D eigenvalue weighted by atomic mass is 16.4. The second-order valence-electron chi connectivity index (χ2n) is 11.8. The Morgan fingerprint density at radius 3 is 1.46 bits per heavy atom. The lowest BCUT2D eigenvalue weighted by Crippen LogP contribution is -2.47. The first-order valence-electron chi connectivity index (χ1n) is 16.2. The van der Waals surface area contributed by atoms with Crippen molar-refractivity contribution in [2.45, 2.75) is 154 Å². The van der Waals surface area contributed by atoms with Crippen LogP contribution in [-0.2, 0) is 24.0 Å². The number of likely N-dealkylation sites (tertiary alicyclic amines) is 1. The average molecular weight is 581 g/mol. The molecule has 0 radical (unpaired) electrons. The van der Waals surface area contributed by atoms with Crippen molar-refractivity contribution in [2.75, 3.05) is 13.1 Å². The molecule has 2 amide bonds. The number of ketones is 1. The normalized spacial score (nSPS) is 14.5. The smallest absolute Gasteiger partial charge is 0.326 e. The Kier molecular flexibility index (Phi) is 20.7. The maximum absolute atomic E-state index is 12.6. The van der Waals surface area contributed by atoms with E-state index in [1.807, 2.05) is 4.90 Å². The summed E-state index contributed by atoms with van der Waals surface area (Å²) in [5.74, 6) is -2.38. The van der Waals surface area contributed by atoms with Gasteiger partial charge in [0.05, 0.1) is 0 Å². The number of carboxylic acids is 2. The van der Waals surface area contributed by atoms with Crippen LogP contribution in [0.3, 0.4) is 0 Å². The van der Waals surface area contributed by atoms with Gasteiger partial charge in [0.25, 0.3) is 0 Å². The molecule has 1 aliphatic heterocycles. The Balaban J connectivity index is 1.96. The molecule has 0 aromatic rings. The van der Waals surface area contributed by atoms with Crippen LogP contribution >= 0.6 is 0 Å². The van der Waals surface area contributed by atoms with Gasteiger partial charge in [0.1, 0.15) is 11.8 Å². The Morgan fingerprint density at radius 1 is 0.659 bits per heavy atom. The third kappa shape index (κ3) is 19.3. The molecule has 0 aromatic heterocycles. The number of piperidine rings is 1. The van der Waals surface area contributed by atoms with E-state index in [2.05, 4.69) is 5.32 Å². The van der Waals surface area contributed by atoms with Crippen molar-refractivity contribution in [3.63, 3.8) is 0 Å². The molecule has 0 saturated carbocycles. The lowest BCUT2D eigenvalue weighted by molar-refractivity contribution is -0.143. The third-order valence-corrected chi connectivity index (χ3v) is 8.15. The van der Waals surface area contributed by atoms with Crippen molar-refractivity contribution in [2.24, 2.45) is 5.92 Å². The topological polar surface area (TPSA) is 141 Å². The molecule has 1 heterocycles. The molecule has 3 N–H and O–H groups in total. The van der Waals surface area contributed by atoms with E-state index in [9.17, 15) is 29.1 Å². The van der Waals surface area contributed by atoms with Crippen molar-refractivity contribution < 1.29 is 34.2 Å². The Labute approximate surface area is 247 Å². The lowest BCUT2D eigenvalue weighted by atomic mass is 9.94. The molecular formula is C32H56N2O7. The number of hydrogen-bond acceptors (Lipinski definition) is 5. The molecule has 0 aliphatic carbocycles. The third-order valence-electron chi connectivity index (χ3n) is 8.15. The molecule has 1 atom stereocenters. The fourth-order valence-corrected chi connectivity index (χ4v) is 5.47. The molecule has 1 fully saturated rings. The quantitative estimate of drug-likeness (QED) is 0.108. The van der Waals surface area contributed by atoms with Gasteiger partial charge in [0, 0.05) is 38.3 Å². The molecular weight excluding hydrogens is 524 g/mol. The van der Waals surface area contributed by atoms with Gasteiger partial charge in [-0.15, -0.1) is 0 Å². The number of carboxylic acid groups (broad SMARTS) is 2. The summed E-state index contributed by atoms with van der Waals surface area (Å²) in [6, 6.07) is -1.05. The fourth-order valence-electron chi connectivity index (χ4n) is 5.47. The number of unbranched alkanes of at least 4 members (excludes halogenated alkanes) is 15. The lowest BCUT2D eigenvalue weighted by Gasteiger charge is -2.32. The second kappa shape index (κ2) is 23.1. The van der Waals surface area contributed by atoms with Gasteiger partial charge in [-0.25, -0.2) is 4.79 Å². The molecule has 9 heteroatoms. The highest BCUT2D eigenvalue weighted by molar-refractivity contribution is 5.86. The molecule has 1 rings (SSSR count). The molecule has 0 aromatic carbocycles. The minimum absolute atomic E-state index is 0.0928. The maximum atomic E-state index is 12.6. The molecule has 9 nitrogen and oxygen atoms in total. The SMILES string of the molecule is CC(=O)CCC(NC(=O)C1CCN(C(=O)CCCCCCCCCCCCCCCCCCC(=O)O)CC1)C(=O)O. The van der Waals surface area contributed by atoms with E-state index >= 15 is 0 Å². The fraction of sp³-hybridized carbons (Fsp3) is 0.844. The van der Waals surface area contributed by atoms with Crippen LogP contribution in [0.5, 0.6) is 0 Å². The van der Waals surface area contributed by atoms with E-state index in [0.717, 1.165) is 38.5 Å². The number of nitrogens with one attached hydrogen (secondary N) is 1. The highest BCUT2D eigenvalue weighted by Gasteiger charge is 2.30. The zero-order valence-corrected chi connectivity index (χ0v) is 25.5. The molecule has 1 saturated heterocycles. The van der Waals surface area contributed by atoms with Crippen LogP contribution in [0.1, 0.15) is 148 Å². The zero-order chi connectivity index (χ0) is 30.3. The molecule has 0 bridgehead atoms. The van der Waals surface area contributed by atoms with Gasteiger partial charge >= 0.3 is 11.9 Å². The number of Topliss-reactive ketones (excluding diaryl/α,β-unsaturated/α-hetero) is 1. The number of amides is 2. The van der Waals surface area contributed by atoms with Crippen LogP contribution in [0.25, 0.3) is 0 Å². The van der Waals surface area contributed by atoms with E-state index in [1.54, 1.807) is 0 Å². The van der Waals surface area contributed by atoms with Crippen molar-refractivity contribution in [3.8, 4) is 0 Å². The first kappa shape index (κ1) is 36.6. The first-order valence-corrected chi connectivity index (χ1v) is 16.2. The number of carbonyl (C=O) groups excluding carboxylic acids is 3. The van der Waals surface area contributed by atoms with E-state index in [4.69, 9.17) is 5.11 Å². The van der Waals surface area contributed by atoms with E-state index < -0.39 is 18.0 Å². The van der Waals surface area contributed by atoms with Crippen molar-refractivity contribution >= 4 is 29.5 Å². The number of aliphatic carboxylic acids is 2. The summed E-state index contributed by atoms with van der Waals surface area (Å²) in [5.41, 5.74) is 0. The highest BCUT2D eigenvalue weighted by Crippen LogP contribution is 2.20. The zero-order valence-electron chi connectivity index (χ0n) is 25.5. The van der Waals surface area contributed by atoms with Gasteiger partial charge in [-0.2, -0.15) is 0 Å². The van der Waals surface area contributed by atoms with E-state index in [1.165, 1.54) is 71.1 Å².